The molecule has 0 aromatic rings. The van der Waals surface area contributed by atoms with Gasteiger partial charge in [0.15, 0.2) is 0 Å². The summed E-state index contributed by atoms with van der Waals surface area (Å²) in [4.78, 5) is 9.80. The summed E-state index contributed by atoms with van der Waals surface area (Å²) in [6.07, 6.45) is 3.28. The lowest BCUT2D eigenvalue weighted by Crippen LogP contribution is -1.88. The van der Waals surface area contributed by atoms with Gasteiger partial charge in [-0.1, -0.05) is 12.8 Å². The minimum absolute atomic E-state index is 0.283. The molecule has 1 saturated heterocycles. The molecule has 0 atom stereocenters. The summed E-state index contributed by atoms with van der Waals surface area (Å²) in [5.74, 6) is 0. The zero-order valence-electron chi connectivity index (χ0n) is 8.28. The van der Waals surface area contributed by atoms with E-state index in [4.69, 9.17) is 10.2 Å². The first-order chi connectivity index (χ1) is 6.81. The summed E-state index contributed by atoms with van der Waals surface area (Å²) in [5, 5.41) is 16.6. The number of rotatable bonds is 5. The van der Waals surface area contributed by atoms with E-state index < -0.39 is 6.16 Å². The monoisotopic (exact) mass is 206 g/mol. The third-order valence-corrected chi connectivity index (χ3v) is 1.59. The maximum atomic E-state index is 9.80. The average molecular weight is 206 g/mol. The predicted molar refractivity (Wildman–Crippen MR) is 49.9 cm³/mol. The standard InChI is InChI=1S/C6H14O2.C3H4O3/c7-5-3-1-2-4-6-8;4-3-5-1-2-6-3/h7-8H,1-6H2;1-2H2. The molecule has 0 spiro atoms. The van der Waals surface area contributed by atoms with Crippen molar-refractivity contribution in [1.82, 2.24) is 0 Å². The van der Waals surface area contributed by atoms with Crippen molar-refractivity contribution < 1.29 is 24.5 Å². The van der Waals surface area contributed by atoms with Gasteiger partial charge in [-0.25, -0.2) is 4.79 Å². The summed E-state index contributed by atoms with van der Waals surface area (Å²) in [5.41, 5.74) is 0. The molecule has 0 saturated carbocycles. The largest absolute Gasteiger partial charge is 0.508 e. The lowest BCUT2D eigenvalue weighted by Gasteiger charge is -1.93. The van der Waals surface area contributed by atoms with Crippen LogP contribution in [0.4, 0.5) is 4.79 Å². The second kappa shape index (κ2) is 10.3. The number of carbonyl (C=O) groups is 1. The third kappa shape index (κ3) is 9.28. The first-order valence-electron chi connectivity index (χ1n) is 4.82. The molecule has 1 fully saturated rings. The van der Waals surface area contributed by atoms with Crippen LogP contribution in [0.15, 0.2) is 0 Å². The molecule has 0 aromatic heterocycles. The summed E-state index contributed by atoms with van der Waals surface area (Å²) in [6, 6.07) is 0. The Labute approximate surface area is 83.6 Å². The Kier molecular flexibility index (Phi) is 9.68. The van der Waals surface area contributed by atoms with Crippen LogP contribution in [0, 0.1) is 0 Å². The number of hydrogen-bond donors (Lipinski definition) is 2. The highest BCUT2D eigenvalue weighted by molar-refractivity contribution is 5.61. The van der Waals surface area contributed by atoms with E-state index in [0.717, 1.165) is 25.7 Å². The van der Waals surface area contributed by atoms with Crippen LogP contribution in [-0.2, 0) is 9.47 Å². The highest BCUT2D eigenvalue weighted by atomic mass is 16.8. The molecule has 14 heavy (non-hydrogen) atoms. The summed E-state index contributed by atoms with van der Waals surface area (Å²) in [7, 11) is 0. The smallest absolute Gasteiger partial charge is 0.431 e. The second-order valence-electron chi connectivity index (χ2n) is 2.81. The summed E-state index contributed by atoms with van der Waals surface area (Å²) in [6.45, 7) is 1.40. The molecular formula is C9H18O5. The van der Waals surface area contributed by atoms with Crippen molar-refractivity contribution in [2.24, 2.45) is 0 Å². The average Bonchev–Trinajstić information content (AvgIpc) is 2.65. The zero-order valence-corrected chi connectivity index (χ0v) is 8.28. The molecule has 1 heterocycles. The Morgan fingerprint density at radius 1 is 0.929 bits per heavy atom. The van der Waals surface area contributed by atoms with Crippen LogP contribution in [-0.4, -0.2) is 42.8 Å². The normalized spacial score (nSPS) is 14.0. The second-order valence-corrected chi connectivity index (χ2v) is 2.81. The molecular weight excluding hydrogens is 188 g/mol. The molecule has 0 radical (unpaired) electrons. The number of ether oxygens (including phenoxy) is 2. The number of aliphatic hydroxyl groups is 2. The summed E-state index contributed by atoms with van der Waals surface area (Å²) < 4.78 is 8.58. The van der Waals surface area contributed by atoms with Crippen molar-refractivity contribution >= 4 is 6.16 Å². The molecule has 1 rings (SSSR count). The predicted octanol–water partition coefficient (Wildman–Crippen LogP) is 0.685. The van der Waals surface area contributed by atoms with Gasteiger partial charge in [-0.05, 0) is 12.8 Å². The Morgan fingerprint density at radius 3 is 1.57 bits per heavy atom. The first kappa shape index (κ1) is 13.2. The lowest BCUT2D eigenvalue weighted by molar-refractivity contribution is 0.131. The molecule has 0 aromatic carbocycles. The molecule has 2 N–H and O–H groups in total. The van der Waals surface area contributed by atoms with Crippen molar-refractivity contribution in [3.05, 3.63) is 0 Å². The molecule has 0 aliphatic carbocycles. The molecule has 5 heteroatoms. The maximum absolute atomic E-state index is 9.80. The minimum atomic E-state index is -0.546. The van der Waals surface area contributed by atoms with E-state index in [1.807, 2.05) is 0 Å². The van der Waals surface area contributed by atoms with E-state index in [0.29, 0.717) is 13.2 Å². The molecule has 0 amide bonds. The lowest BCUT2D eigenvalue weighted by atomic mass is 10.2. The van der Waals surface area contributed by atoms with Crippen molar-refractivity contribution in [2.45, 2.75) is 25.7 Å². The van der Waals surface area contributed by atoms with Crippen LogP contribution in [0.2, 0.25) is 0 Å². The van der Waals surface area contributed by atoms with Crippen molar-refractivity contribution in [3.8, 4) is 0 Å². The van der Waals surface area contributed by atoms with Crippen LogP contribution >= 0.6 is 0 Å². The SMILES string of the molecule is O=C1OCCO1.OCCCCCCO. The van der Waals surface area contributed by atoms with Gasteiger partial charge in [0.1, 0.15) is 13.2 Å². The van der Waals surface area contributed by atoms with Gasteiger partial charge < -0.3 is 19.7 Å². The fraction of sp³-hybridized carbons (Fsp3) is 0.889. The Balaban J connectivity index is 0.000000249. The van der Waals surface area contributed by atoms with E-state index in [9.17, 15) is 4.79 Å². The van der Waals surface area contributed by atoms with E-state index in [2.05, 4.69) is 9.47 Å². The van der Waals surface area contributed by atoms with Gasteiger partial charge in [-0.15, -0.1) is 0 Å². The number of hydrogen-bond acceptors (Lipinski definition) is 5. The van der Waals surface area contributed by atoms with E-state index in [-0.39, 0.29) is 13.2 Å². The molecule has 0 unspecified atom stereocenters. The van der Waals surface area contributed by atoms with Crippen molar-refractivity contribution in [2.75, 3.05) is 26.4 Å². The van der Waals surface area contributed by atoms with Crippen molar-refractivity contribution in [3.63, 3.8) is 0 Å². The first-order valence-corrected chi connectivity index (χ1v) is 4.82. The number of cyclic esters (lactones) is 2. The van der Waals surface area contributed by atoms with Gasteiger partial charge >= 0.3 is 6.16 Å². The van der Waals surface area contributed by atoms with Gasteiger partial charge in [0.05, 0.1) is 0 Å². The van der Waals surface area contributed by atoms with Gasteiger partial charge in [-0.3, -0.25) is 0 Å². The number of carbonyl (C=O) groups excluding carboxylic acids is 1. The zero-order chi connectivity index (χ0) is 10.6. The Hall–Kier alpha value is -0.810. The quantitative estimate of drug-likeness (QED) is 0.511. The van der Waals surface area contributed by atoms with E-state index >= 15 is 0 Å². The fourth-order valence-electron chi connectivity index (χ4n) is 0.869. The fourth-order valence-corrected chi connectivity index (χ4v) is 0.869. The Bertz CT molecular complexity index is 123. The number of unbranched alkanes of at least 4 members (excludes halogenated alkanes) is 3. The van der Waals surface area contributed by atoms with Gasteiger partial charge in [0, 0.05) is 13.2 Å². The number of aliphatic hydroxyl groups excluding tert-OH is 2. The molecule has 5 nitrogen and oxygen atoms in total. The molecule has 1 aliphatic heterocycles. The topological polar surface area (TPSA) is 76.0 Å². The van der Waals surface area contributed by atoms with E-state index in [1.54, 1.807) is 0 Å². The molecule has 1 aliphatic rings. The maximum Gasteiger partial charge on any atom is 0.508 e. The van der Waals surface area contributed by atoms with Crippen LogP contribution in [0.25, 0.3) is 0 Å². The highest BCUT2D eigenvalue weighted by Gasteiger charge is 2.09. The van der Waals surface area contributed by atoms with Crippen LogP contribution < -0.4 is 0 Å². The Morgan fingerprint density at radius 2 is 1.36 bits per heavy atom. The minimum Gasteiger partial charge on any atom is -0.431 e. The van der Waals surface area contributed by atoms with Crippen molar-refractivity contribution in [1.29, 1.82) is 0 Å². The van der Waals surface area contributed by atoms with Crippen LogP contribution in [0.3, 0.4) is 0 Å². The third-order valence-electron chi connectivity index (χ3n) is 1.59. The van der Waals surface area contributed by atoms with Crippen LogP contribution in [0.5, 0.6) is 0 Å². The van der Waals surface area contributed by atoms with Gasteiger partial charge in [-0.2, -0.15) is 0 Å². The van der Waals surface area contributed by atoms with Crippen LogP contribution in [0.1, 0.15) is 25.7 Å². The summed E-state index contributed by atoms with van der Waals surface area (Å²) >= 11 is 0. The van der Waals surface area contributed by atoms with Gasteiger partial charge in [0.25, 0.3) is 0 Å². The molecule has 84 valence electrons. The molecule has 0 bridgehead atoms. The highest BCUT2D eigenvalue weighted by Crippen LogP contribution is 1.96. The van der Waals surface area contributed by atoms with Gasteiger partial charge in [0.2, 0.25) is 0 Å². The van der Waals surface area contributed by atoms with E-state index in [1.165, 1.54) is 0 Å².